The minimum atomic E-state index is -0.265. The highest BCUT2D eigenvalue weighted by atomic mass is 35.5. The van der Waals surface area contributed by atoms with E-state index in [1.165, 1.54) is 0 Å². The fraction of sp³-hybridized carbons (Fsp3) is 0.312. The van der Waals surface area contributed by atoms with Crippen molar-refractivity contribution in [2.24, 2.45) is 0 Å². The number of aromatic amines is 1. The van der Waals surface area contributed by atoms with Gasteiger partial charge in [-0.25, -0.2) is 4.98 Å². The number of halogens is 1. The second kappa shape index (κ2) is 6.75. The van der Waals surface area contributed by atoms with E-state index >= 15 is 0 Å². The molecular formula is C16H18ClN3O2. The van der Waals surface area contributed by atoms with E-state index in [4.69, 9.17) is 11.6 Å². The Morgan fingerprint density at radius 2 is 1.95 bits per heavy atom. The third kappa shape index (κ3) is 3.95. The van der Waals surface area contributed by atoms with Crippen LogP contribution in [0.25, 0.3) is 0 Å². The van der Waals surface area contributed by atoms with Gasteiger partial charge >= 0.3 is 0 Å². The lowest BCUT2D eigenvalue weighted by Gasteiger charge is -2.14. The van der Waals surface area contributed by atoms with Crippen molar-refractivity contribution in [3.63, 3.8) is 0 Å². The Balaban J connectivity index is 2.07. The maximum Gasteiger partial charge on any atom is 0.254 e. The zero-order valence-corrected chi connectivity index (χ0v) is 13.5. The van der Waals surface area contributed by atoms with Gasteiger partial charge in [0.1, 0.15) is 5.82 Å². The molecular weight excluding hydrogens is 302 g/mol. The van der Waals surface area contributed by atoms with Crippen LogP contribution in [0.2, 0.25) is 5.02 Å². The number of hydrogen-bond acceptors (Lipinski definition) is 3. The lowest BCUT2D eigenvalue weighted by Crippen LogP contribution is -2.31. The van der Waals surface area contributed by atoms with Crippen LogP contribution in [0.3, 0.4) is 0 Å². The molecule has 0 saturated heterocycles. The smallest absolute Gasteiger partial charge is 0.254 e. The third-order valence-corrected chi connectivity index (χ3v) is 3.68. The number of aromatic nitrogens is 2. The van der Waals surface area contributed by atoms with Gasteiger partial charge in [0.25, 0.3) is 5.56 Å². The molecule has 1 aromatic carbocycles. The van der Waals surface area contributed by atoms with Crippen molar-refractivity contribution in [2.75, 3.05) is 0 Å². The van der Waals surface area contributed by atoms with Crippen molar-refractivity contribution in [1.82, 2.24) is 15.3 Å². The summed E-state index contributed by atoms with van der Waals surface area (Å²) in [5.41, 5.74) is 1.66. The van der Waals surface area contributed by atoms with Crippen molar-refractivity contribution in [3.8, 4) is 0 Å². The minimum absolute atomic E-state index is 0.00633. The van der Waals surface area contributed by atoms with E-state index in [1.807, 2.05) is 19.1 Å². The summed E-state index contributed by atoms with van der Waals surface area (Å²) in [6.45, 7) is 5.32. The quantitative estimate of drug-likeness (QED) is 0.909. The molecule has 5 nitrogen and oxygen atoms in total. The number of carbonyl (C=O) groups is 1. The fourth-order valence-corrected chi connectivity index (χ4v) is 2.37. The number of benzene rings is 1. The van der Waals surface area contributed by atoms with Crippen molar-refractivity contribution in [1.29, 1.82) is 0 Å². The predicted octanol–water partition coefficient (Wildman–Crippen LogP) is 2.46. The molecule has 6 heteroatoms. The van der Waals surface area contributed by atoms with Gasteiger partial charge in [0.05, 0.1) is 12.5 Å². The van der Waals surface area contributed by atoms with Gasteiger partial charge in [-0.3, -0.25) is 9.59 Å². The van der Waals surface area contributed by atoms with Gasteiger partial charge < -0.3 is 10.3 Å². The molecule has 2 N–H and O–H groups in total. The first-order valence-electron chi connectivity index (χ1n) is 6.98. The summed E-state index contributed by atoms with van der Waals surface area (Å²) >= 11 is 5.84. The molecule has 2 rings (SSSR count). The average Bonchev–Trinajstić information content (AvgIpc) is 2.43. The van der Waals surface area contributed by atoms with Gasteiger partial charge in [-0.2, -0.15) is 0 Å². The Morgan fingerprint density at radius 3 is 2.55 bits per heavy atom. The largest absolute Gasteiger partial charge is 0.349 e. The Bertz CT molecular complexity index is 738. The zero-order chi connectivity index (χ0) is 16.3. The van der Waals surface area contributed by atoms with E-state index in [0.717, 1.165) is 5.56 Å². The van der Waals surface area contributed by atoms with Gasteiger partial charge in [-0.05, 0) is 38.5 Å². The number of nitrogens with zero attached hydrogens (tertiary/aromatic N) is 1. The number of amides is 1. The highest BCUT2D eigenvalue weighted by molar-refractivity contribution is 6.30. The van der Waals surface area contributed by atoms with Crippen LogP contribution in [0, 0.1) is 13.8 Å². The average molecular weight is 320 g/mol. The van der Waals surface area contributed by atoms with Crippen LogP contribution in [-0.4, -0.2) is 15.9 Å². The number of rotatable bonds is 4. The van der Waals surface area contributed by atoms with Crippen LogP contribution >= 0.6 is 11.6 Å². The standard InChI is InChI=1S/C16H18ClN3O2/c1-9(12-4-6-13(17)7-5-12)19-15(21)8-14-10(2)18-11(3)20-16(14)22/h4-7,9H,8H2,1-3H3,(H,19,21)(H,18,20,22). The summed E-state index contributed by atoms with van der Waals surface area (Å²) in [6, 6.07) is 7.11. The molecule has 2 aromatic rings. The van der Waals surface area contributed by atoms with Gasteiger partial charge in [-0.15, -0.1) is 0 Å². The van der Waals surface area contributed by atoms with E-state index in [2.05, 4.69) is 15.3 Å². The molecule has 1 heterocycles. The molecule has 0 spiro atoms. The number of H-pyrrole nitrogens is 1. The molecule has 0 saturated carbocycles. The second-order valence-electron chi connectivity index (χ2n) is 5.23. The molecule has 0 aliphatic heterocycles. The molecule has 22 heavy (non-hydrogen) atoms. The zero-order valence-electron chi connectivity index (χ0n) is 12.7. The molecule has 1 unspecified atom stereocenters. The van der Waals surface area contributed by atoms with Crippen molar-refractivity contribution < 1.29 is 4.79 Å². The van der Waals surface area contributed by atoms with Crippen LogP contribution in [-0.2, 0) is 11.2 Å². The number of hydrogen-bond donors (Lipinski definition) is 2. The summed E-state index contributed by atoms with van der Waals surface area (Å²) in [4.78, 5) is 30.8. The summed E-state index contributed by atoms with van der Waals surface area (Å²) in [6.07, 6.45) is 0.00633. The second-order valence-corrected chi connectivity index (χ2v) is 5.67. The van der Waals surface area contributed by atoms with E-state index in [1.54, 1.807) is 26.0 Å². The van der Waals surface area contributed by atoms with E-state index < -0.39 is 0 Å². The van der Waals surface area contributed by atoms with Crippen molar-refractivity contribution in [2.45, 2.75) is 33.2 Å². The normalized spacial score (nSPS) is 12.0. The first kappa shape index (κ1) is 16.2. The maximum absolute atomic E-state index is 12.1. The van der Waals surface area contributed by atoms with Gasteiger partial charge in [-0.1, -0.05) is 23.7 Å². The van der Waals surface area contributed by atoms with Crippen LogP contribution in [0.4, 0.5) is 0 Å². The molecule has 0 bridgehead atoms. The number of carbonyl (C=O) groups excluding carboxylic acids is 1. The first-order valence-corrected chi connectivity index (χ1v) is 7.36. The molecule has 1 aromatic heterocycles. The number of nitrogens with one attached hydrogen (secondary N) is 2. The van der Waals surface area contributed by atoms with E-state index in [9.17, 15) is 9.59 Å². The van der Waals surface area contributed by atoms with Crippen molar-refractivity contribution in [3.05, 3.63) is 62.3 Å². The lowest BCUT2D eigenvalue weighted by molar-refractivity contribution is -0.121. The van der Waals surface area contributed by atoms with E-state index in [-0.39, 0.29) is 23.9 Å². The molecule has 0 fully saturated rings. The highest BCUT2D eigenvalue weighted by Gasteiger charge is 2.14. The van der Waals surface area contributed by atoms with Gasteiger partial charge in [0, 0.05) is 16.3 Å². The van der Waals surface area contributed by atoms with Crippen LogP contribution < -0.4 is 10.9 Å². The molecule has 1 amide bonds. The Morgan fingerprint density at radius 1 is 1.32 bits per heavy atom. The summed E-state index contributed by atoms with van der Waals surface area (Å²) in [7, 11) is 0. The third-order valence-electron chi connectivity index (χ3n) is 3.43. The maximum atomic E-state index is 12.1. The summed E-state index contributed by atoms with van der Waals surface area (Å²) in [5, 5.41) is 3.52. The molecule has 1 atom stereocenters. The highest BCUT2D eigenvalue weighted by Crippen LogP contribution is 2.16. The van der Waals surface area contributed by atoms with Gasteiger partial charge in [0.2, 0.25) is 5.91 Å². The monoisotopic (exact) mass is 319 g/mol. The van der Waals surface area contributed by atoms with E-state index in [0.29, 0.717) is 22.1 Å². The number of aryl methyl sites for hydroxylation is 2. The summed E-state index contributed by atoms with van der Waals surface area (Å²) in [5.74, 6) is 0.322. The molecule has 0 aliphatic rings. The first-order chi connectivity index (χ1) is 10.4. The Hall–Kier alpha value is -2.14. The molecule has 0 radical (unpaired) electrons. The summed E-state index contributed by atoms with van der Waals surface area (Å²) < 4.78 is 0. The Labute approximate surface area is 133 Å². The van der Waals surface area contributed by atoms with Crippen molar-refractivity contribution >= 4 is 17.5 Å². The van der Waals surface area contributed by atoms with Crippen LogP contribution in [0.15, 0.2) is 29.1 Å². The van der Waals surface area contributed by atoms with Crippen LogP contribution in [0.1, 0.15) is 35.6 Å². The minimum Gasteiger partial charge on any atom is -0.349 e. The fourth-order valence-electron chi connectivity index (χ4n) is 2.25. The topological polar surface area (TPSA) is 74.8 Å². The lowest BCUT2D eigenvalue weighted by atomic mass is 10.1. The SMILES string of the molecule is Cc1nc(C)c(CC(=O)NC(C)c2ccc(Cl)cc2)c(=O)[nH]1. The molecule has 0 aliphatic carbocycles. The predicted molar refractivity (Wildman–Crippen MR) is 86.0 cm³/mol. The Kier molecular flexibility index (Phi) is 4.98. The van der Waals surface area contributed by atoms with Crippen LogP contribution in [0.5, 0.6) is 0 Å². The van der Waals surface area contributed by atoms with Gasteiger partial charge in [0.15, 0.2) is 0 Å². The molecule has 116 valence electrons.